The summed E-state index contributed by atoms with van der Waals surface area (Å²) < 4.78 is 11.6. The molecule has 3 aromatic carbocycles. The van der Waals surface area contributed by atoms with Gasteiger partial charge in [0.05, 0.1) is 5.56 Å². The molecule has 35 heavy (non-hydrogen) atoms. The van der Waals surface area contributed by atoms with E-state index in [1.165, 1.54) is 12.1 Å². The van der Waals surface area contributed by atoms with Crippen LogP contribution >= 0.6 is 0 Å². The summed E-state index contributed by atoms with van der Waals surface area (Å²) >= 11 is 0. The van der Waals surface area contributed by atoms with Gasteiger partial charge in [-0.3, -0.25) is 0 Å². The molecule has 0 amide bonds. The Morgan fingerprint density at radius 3 is 2.51 bits per heavy atom. The Labute approximate surface area is 202 Å². The fourth-order valence-electron chi connectivity index (χ4n) is 3.93. The number of aliphatic hydroxyl groups excluding tert-OH is 1. The molecule has 0 aliphatic carbocycles. The average molecular weight is 481 g/mol. The molecule has 3 atom stereocenters. The zero-order valence-corrected chi connectivity index (χ0v) is 19.0. The summed E-state index contributed by atoms with van der Waals surface area (Å²) in [5.74, 6) is 0.392. The van der Waals surface area contributed by atoms with Crippen LogP contribution in [0.5, 0.6) is 11.5 Å². The molecule has 2 unspecified atom stereocenters. The molecule has 9 nitrogen and oxygen atoms in total. The highest BCUT2D eigenvalue weighted by Gasteiger charge is 2.20. The number of aromatic carboxylic acids is 1. The van der Waals surface area contributed by atoms with E-state index in [2.05, 4.69) is 11.4 Å². The van der Waals surface area contributed by atoms with Crippen molar-refractivity contribution in [2.24, 2.45) is 0 Å². The average Bonchev–Trinajstić information content (AvgIpc) is 2.87. The van der Waals surface area contributed by atoms with Crippen LogP contribution in [0.25, 0.3) is 11.1 Å². The zero-order chi connectivity index (χ0) is 24.8. The fraction of sp³-hybridized carbons (Fsp3) is 0.269. The summed E-state index contributed by atoms with van der Waals surface area (Å²) in [4.78, 5) is 11.0. The Balaban J connectivity index is 1.22. The Kier molecular flexibility index (Phi) is 7.96. The molecule has 0 aromatic heterocycles. The summed E-state index contributed by atoms with van der Waals surface area (Å²) in [7, 11) is 0. The lowest BCUT2D eigenvalue weighted by molar-refractivity contribution is -0.991. The van der Waals surface area contributed by atoms with E-state index < -0.39 is 17.3 Å². The first-order valence-electron chi connectivity index (χ1n) is 11.4. The van der Waals surface area contributed by atoms with E-state index in [4.69, 9.17) is 19.8 Å². The molecule has 0 saturated heterocycles. The number of rotatable bonds is 10. The smallest absolute Gasteiger partial charge is 0.335 e. The normalized spacial score (nSPS) is 16.6. The molecule has 3 aromatic rings. The maximum Gasteiger partial charge on any atom is 0.335 e. The van der Waals surface area contributed by atoms with Gasteiger partial charge in [0.15, 0.2) is 5.69 Å². The van der Waals surface area contributed by atoms with E-state index in [9.17, 15) is 15.1 Å². The quantitative estimate of drug-likeness (QED) is 0.279. The fourth-order valence-corrected chi connectivity index (χ4v) is 3.93. The van der Waals surface area contributed by atoms with Crippen molar-refractivity contribution in [3.8, 4) is 22.6 Å². The van der Waals surface area contributed by atoms with Gasteiger partial charge in [-0.2, -0.15) is 5.23 Å². The third-order valence-electron chi connectivity index (χ3n) is 5.85. The second kappa shape index (κ2) is 11.3. The first kappa shape index (κ1) is 24.6. The van der Waals surface area contributed by atoms with Crippen LogP contribution in [0.4, 0.5) is 5.69 Å². The van der Waals surface area contributed by atoms with Crippen LogP contribution in [0.1, 0.15) is 22.3 Å². The van der Waals surface area contributed by atoms with Gasteiger partial charge < -0.3 is 30.2 Å². The van der Waals surface area contributed by atoms with Crippen LogP contribution in [0.3, 0.4) is 0 Å². The van der Waals surface area contributed by atoms with Gasteiger partial charge in [-0.15, -0.1) is 0 Å². The number of benzene rings is 3. The van der Waals surface area contributed by atoms with Crippen LogP contribution < -0.4 is 20.0 Å². The predicted molar refractivity (Wildman–Crippen MR) is 128 cm³/mol. The van der Waals surface area contributed by atoms with Crippen molar-refractivity contribution in [1.29, 1.82) is 0 Å². The van der Waals surface area contributed by atoms with E-state index >= 15 is 0 Å². The topological polar surface area (TPSA) is 136 Å². The van der Waals surface area contributed by atoms with Crippen molar-refractivity contribution in [2.75, 3.05) is 19.7 Å². The van der Waals surface area contributed by atoms with E-state index in [0.717, 1.165) is 35.3 Å². The molecule has 0 radical (unpaired) electrons. The summed E-state index contributed by atoms with van der Waals surface area (Å²) in [6.07, 6.45) is 0.963. The second-order valence-corrected chi connectivity index (χ2v) is 8.44. The monoisotopic (exact) mass is 480 g/mol. The van der Waals surface area contributed by atoms with Crippen molar-refractivity contribution >= 4 is 11.7 Å². The second-order valence-electron chi connectivity index (χ2n) is 8.44. The number of carboxylic acid groups (broad SMARTS) is 1. The molecule has 0 spiro atoms. The Morgan fingerprint density at radius 2 is 1.83 bits per heavy atom. The van der Waals surface area contributed by atoms with E-state index in [1.54, 1.807) is 24.3 Å². The summed E-state index contributed by atoms with van der Waals surface area (Å²) in [5, 5.41) is 41.3. The van der Waals surface area contributed by atoms with Gasteiger partial charge in [-0.05, 0) is 65.9 Å². The standard InChI is InChI=1S/C26H28N2O7/c29-22(16-34-23-10-7-21(8-11-23)28(32)33)14-27-15-24-9-5-20-13-19(6-12-25(20)35-24)17-1-3-18(4-2-17)26(30)31/h1-4,6-8,10-13,22,24,27-29,32H,5,9,14-16H2,(H,30,31)/t22?,24-/m1/s1. The molecule has 5 N–H and O–H groups in total. The van der Waals surface area contributed by atoms with E-state index in [-0.39, 0.29) is 24.0 Å². The maximum atomic E-state index is 11.0. The van der Waals surface area contributed by atoms with Gasteiger partial charge in [0, 0.05) is 25.2 Å². The number of ether oxygens (including phenoxy) is 2. The highest BCUT2D eigenvalue weighted by Crippen LogP contribution is 2.32. The number of hydrogen-bond acceptors (Lipinski definition) is 7. The Hall–Kier alpha value is -3.47. The Bertz CT molecular complexity index is 1130. The number of nitrogens with one attached hydrogen (secondary N) is 2. The summed E-state index contributed by atoms with van der Waals surface area (Å²) in [6, 6.07) is 18.8. The number of aliphatic hydroxyl groups is 1. The number of carbonyl (C=O) groups is 1. The van der Waals surface area contributed by atoms with Crippen LogP contribution in [0.2, 0.25) is 0 Å². The third kappa shape index (κ3) is 6.56. The van der Waals surface area contributed by atoms with Crippen LogP contribution in [-0.2, 0) is 6.42 Å². The minimum atomic E-state index is -0.999. The largest absolute Gasteiger partial charge is 0.595 e. The van der Waals surface area contributed by atoms with Crippen molar-refractivity contribution in [3.05, 3.63) is 83.1 Å². The zero-order valence-electron chi connectivity index (χ0n) is 19.0. The molecule has 1 aliphatic heterocycles. The van der Waals surface area contributed by atoms with E-state index in [0.29, 0.717) is 18.8 Å². The number of fused-ring (bicyclic) bond motifs is 1. The van der Waals surface area contributed by atoms with Crippen LogP contribution in [0.15, 0.2) is 66.7 Å². The van der Waals surface area contributed by atoms with Crippen molar-refractivity contribution in [2.45, 2.75) is 25.0 Å². The lowest BCUT2D eigenvalue weighted by atomic mass is 9.96. The van der Waals surface area contributed by atoms with E-state index in [1.807, 2.05) is 24.3 Å². The van der Waals surface area contributed by atoms with Crippen molar-refractivity contribution < 1.29 is 34.9 Å². The minimum Gasteiger partial charge on any atom is -0.595 e. The predicted octanol–water partition coefficient (Wildman–Crippen LogP) is 2.18. The van der Waals surface area contributed by atoms with Crippen molar-refractivity contribution in [1.82, 2.24) is 5.32 Å². The molecule has 0 fully saturated rings. The highest BCUT2D eigenvalue weighted by atomic mass is 16.8. The van der Waals surface area contributed by atoms with Crippen LogP contribution in [0, 0.1) is 5.21 Å². The molecule has 1 aliphatic rings. The van der Waals surface area contributed by atoms with Crippen molar-refractivity contribution in [3.63, 3.8) is 0 Å². The number of aryl methyl sites for hydroxylation is 1. The number of hydrogen-bond donors (Lipinski definition) is 5. The van der Waals surface area contributed by atoms with Gasteiger partial charge in [0.2, 0.25) is 0 Å². The van der Waals surface area contributed by atoms with Crippen LogP contribution in [-0.4, -0.2) is 53.3 Å². The molecule has 184 valence electrons. The minimum absolute atomic E-state index is 0.0140. The molecular formula is C26H28N2O7. The van der Waals surface area contributed by atoms with Gasteiger partial charge in [0.25, 0.3) is 0 Å². The molecule has 9 heteroatoms. The molecule has 1 heterocycles. The first-order chi connectivity index (χ1) is 16.9. The number of quaternary nitrogens is 1. The third-order valence-corrected chi connectivity index (χ3v) is 5.85. The molecule has 4 rings (SSSR count). The lowest BCUT2D eigenvalue weighted by Gasteiger charge is -2.27. The molecule has 0 bridgehead atoms. The Morgan fingerprint density at radius 1 is 1.11 bits per heavy atom. The first-order valence-corrected chi connectivity index (χ1v) is 11.4. The molecule has 0 saturated carbocycles. The molecular weight excluding hydrogens is 452 g/mol. The van der Waals surface area contributed by atoms with Gasteiger partial charge in [-0.1, -0.05) is 18.2 Å². The van der Waals surface area contributed by atoms with Gasteiger partial charge in [-0.25, -0.2) is 10.0 Å². The summed E-state index contributed by atoms with van der Waals surface area (Å²) in [5.41, 5.74) is 3.52. The maximum absolute atomic E-state index is 11.0. The van der Waals surface area contributed by atoms with Gasteiger partial charge >= 0.3 is 5.97 Å². The summed E-state index contributed by atoms with van der Waals surface area (Å²) in [6.45, 7) is 1.01. The highest BCUT2D eigenvalue weighted by molar-refractivity contribution is 5.88. The lowest BCUT2D eigenvalue weighted by Crippen LogP contribution is -2.99. The SMILES string of the molecule is O=C(O)c1ccc(-c2ccc3c(c2)CC[C@H](CNCC(O)COc2ccc([NH+]([O-])O)cc2)O3)cc1. The van der Waals surface area contributed by atoms with Gasteiger partial charge in [0.1, 0.15) is 30.3 Å². The number of carboxylic acids is 1.